The largest absolute Gasteiger partial charge is 0.451 e. The summed E-state index contributed by atoms with van der Waals surface area (Å²) in [7, 11) is 0. The smallest absolute Gasteiger partial charge is 0.292 e. The molecule has 4 aromatic rings. The summed E-state index contributed by atoms with van der Waals surface area (Å²) in [5.41, 5.74) is 0.671. The van der Waals surface area contributed by atoms with Crippen LogP contribution < -0.4 is 5.32 Å². The van der Waals surface area contributed by atoms with E-state index in [4.69, 9.17) is 4.42 Å². The fraction of sp³-hybridized carbons (Fsp3) is 0. The van der Waals surface area contributed by atoms with Crippen LogP contribution in [0.25, 0.3) is 21.7 Å². The Morgan fingerprint density at radius 3 is 2.83 bits per heavy atom. The highest BCUT2D eigenvalue weighted by molar-refractivity contribution is 9.10. The molecule has 0 saturated heterocycles. The van der Waals surface area contributed by atoms with E-state index >= 15 is 0 Å². The van der Waals surface area contributed by atoms with E-state index in [0.717, 1.165) is 20.6 Å². The number of amides is 1. The SMILES string of the molecule is O=C(Nc1nccc2ccccc12)c1cc2cc(Br)ccc2o1. The maximum Gasteiger partial charge on any atom is 0.292 e. The van der Waals surface area contributed by atoms with Gasteiger partial charge in [-0.15, -0.1) is 0 Å². The van der Waals surface area contributed by atoms with E-state index in [1.54, 1.807) is 12.3 Å². The van der Waals surface area contributed by atoms with Gasteiger partial charge in [-0.05, 0) is 35.7 Å². The minimum absolute atomic E-state index is 0.257. The molecule has 2 aromatic heterocycles. The fourth-order valence-corrected chi connectivity index (χ4v) is 2.89. The van der Waals surface area contributed by atoms with Gasteiger partial charge in [-0.25, -0.2) is 4.98 Å². The highest BCUT2D eigenvalue weighted by Crippen LogP contribution is 2.25. The third-order valence-electron chi connectivity index (χ3n) is 3.61. The molecule has 112 valence electrons. The number of fused-ring (bicyclic) bond motifs is 2. The second-order valence-electron chi connectivity index (χ2n) is 5.13. The first-order valence-electron chi connectivity index (χ1n) is 7.05. The molecule has 23 heavy (non-hydrogen) atoms. The number of aromatic nitrogens is 1. The van der Waals surface area contributed by atoms with Crippen LogP contribution in [0.1, 0.15) is 10.6 Å². The van der Waals surface area contributed by atoms with Crippen LogP contribution in [0.4, 0.5) is 5.82 Å². The summed E-state index contributed by atoms with van der Waals surface area (Å²) in [5, 5.41) is 5.60. The van der Waals surface area contributed by atoms with Crippen molar-refractivity contribution in [3.8, 4) is 0 Å². The lowest BCUT2D eigenvalue weighted by atomic mass is 10.1. The van der Waals surface area contributed by atoms with Gasteiger partial charge < -0.3 is 9.73 Å². The molecule has 0 aliphatic heterocycles. The van der Waals surface area contributed by atoms with E-state index in [2.05, 4.69) is 26.2 Å². The summed E-state index contributed by atoms with van der Waals surface area (Å²) in [5.74, 6) is 0.462. The van der Waals surface area contributed by atoms with Crippen LogP contribution in [0, 0.1) is 0 Å². The number of rotatable bonds is 2. The van der Waals surface area contributed by atoms with Crippen molar-refractivity contribution in [1.29, 1.82) is 0 Å². The normalized spacial score (nSPS) is 11.0. The predicted molar refractivity (Wildman–Crippen MR) is 93.6 cm³/mol. The molecule has 1 amide bonds. The molecular weight excluding hydrogens is 356 g/mol. The molecule has 0 atom stereocenters. The minimum atomic E-state index is -0.318. The van der Waals surface area contributed by atoms with Crippen molar-refractivity contribution < 1.29 is 9.21 Å². The van der Waals surface area contributed by atoms with E-state index in [0.29, 0.717) is 11.4 Å². The zero-order valence-electron chi connectivity index (χ0n) is 11.9. The van der Waals surface area contributed by atoms with Crippen LogP contribution in [0.15, 0.2) is 69.7 Å². The van der Waals surface area contributed by atoms with Gasteiger partial charge in [0.05, 0.1) is 0 Å². The molecule has 0 unspecified atom stereocenters. The second-order valence-corrected chi connectivity index (χ2v) is 6.04. The highest BCUT2D eigenvalue weighted by atomic mass is 79.9. The van der Waals surface area contributed by atoms with Gasteiger partial charge in [-0.1, -0.05) is 40.2 Å². The first-order valence-corrected chi connectivity index (χ1v) is 7.84. The predicted octanol–water partition coefficient (Wildman–Crippen LogP) is 5.00. The maximum atomic E-state index is 12.5. The van der Waals surface area contributed by atoms with Crippen LogP contribution in [0.2, 0.25) is 0 Å². The van der Waals surface area contributed by atoms with E-state index in [1.165, 1.54) is 0 Å². The quantitative estimate of drug-likeness (QED) is 0.543. The van der Waals surface area contributed by atoms with Crippen LogP contribution in [-0.4, -0.2) is 10.9 Å². The Kier molecular flexibility index (Phi) is 3.35. The second kappa shape index (κ2) is 5.52. The van der Waals surface area contributed by atoms with Gasteiger partial charge in [-0.2, -0.15) is 0 Å². The third kappa shape index (κ3) is 2.59. The molecule has 0 aliphatic rings. The fourth-order valence-electron chi connectivity index (χ4n) is 2.51. The molecule has 0 fully saturated rings. The Morgan fingerprint density at radius 1 is 1.04 bits per heavy atom. The molecule has 2 heterocycles. The highest BCUT2D eigenvalue weighted by Gasteiger charge is 2.14. The molecule has 0 radical (unpaired) electrons. The van der Waals surface area contributed by atoms with Crippen molar-refractivity contribution in [3.63, 3.8) is 0 Å². The van der Waals surface area contributed by atoms with Gasteiger partial charge in [0.2, 0.25) is 0 Å². The van der Waals surface area contributed by atoms with E-state index in [1.807, 2.05) is 48.5 Å². The average Bonchev–Trinajstić information content (AvgIpc) is 2.98. The van der Waals surface area contributed by atoms with E-state index in [9.17, 15) is 4.79 Å². The number of halogens is 1. The number of nitrogens with zero attached hydrogens (tertiary/aromatic N) is 1. The monoisotopic (exact) mass is 366 g/mol. The van der Waals surface area contributed by atoms with E-state index in [-0.39, 0.29) is 11.7 Å². The molecule has 4 rings (SSSR count). The zero-order valence-corrected chi connectivity index (χ0v) is 13.5. The lowest BCUT2D eigenvalue weighted by Crippen LogP contribution is -2.12. The van der Waals surface area contributed by atoms with Crippen molar-refractivity contribution >= 4 is 49.4 Å². The topological polar surface area (TPSA) is 55.1 Å². The first kappa shape index (κ1) is 14.0. The Bertz CT molecular complexity index is 1030. The summed E-state index contributed by atoms with van der Waals surface area (Å²) < 4.78 is 6.55. The molecule has 4 nitrogen and oxygen atoms in total. The minimum Gasteiger partial charge on any atom is -0.451 e. The van der Waals surface area contributed by atoms with Crippen LogP contribution in [0.5, 0.6) is 0 Å². The molecule has 0 aliphatic carbocycles. The van der Waals surface area contributed by atoms with Gasteiger partial charge in [-0.3, -0.25) is 4.79 Å². The van der Waals surface area contributed by atoms with Gasteiger partial charge >= 0.3 is 0 Å². The summed E-state index contributed by atoms with van der Waals surface area (Å²) in [6.07, 6.45) is 1.67. The first-order chi connectivity index (χ1) is 11.2. The molecule has 2 aromatic carbocycles. The van der Waals surface area contributed by atoms with E-state index < -0.39 is 0 Å². The number of hydrogen-bond acceptors (Lipinski definition) is 3. The van der Waals surface area contributed by atoms with Crippen molar-refractivity contribution in [2.45, 2.75) is 0 Å². The van der Waals surface area contributed by atoms with Crippen molar-refractivity contribution in [1.82, 2.24) is 4.98 Å². The zero-order chi connectivity index (χ0) is 15.8. The summed E-state index contributed by atoms with van der Waals surface area (Å²) in [4.78, 5) is 16.7. The molecule has 0 saturated carbocycles. The Balaban J connectivity index is 1.70. The van der Waals surface area contributed by atoms with Gasteiger partial charge in [0.15, 0.2) is 5.76 Å². The number of carbonyl (C=O) groups excluding carboxylic acids is 1. The molecule has 0 bridgehead atoms. The Hall–Kier alpha value is -2.66. The number of hydrogen-bond donors (Lipinski definition) is 1. The maximum absolute atomic E-state index is 12.5. The summed E-state index contributed by atoms with van der Waals surface area (Å²) in [6, 6.07) is 17.0. The number of nitrogens with one attached hydrogen (secondary N) is 1. The third-order valence-corrected chi connectivity index (χ3v) is 4.10. The number of benzene rings is 2. The molecular formula is C18H11BrN2O2. The summed E-state index contributed by atoms with van der Waals surface area (Å²) >= 11 is 3.41. The number of furan rings is 1. The molecule has 0 spiro atoms. The summed E-state index contributed by atoms with van der Waals surface area (Å²) in [6.45, 7) is 0. The van der Waals surface area contributed by atoms with Gasteiger partial charge in [0, 0.05) is 21.4 Å². The van der Waals surface area contributed by atoms with Gasteiger partial charge in [0.25, 0.3) is 5.91 Å². The standard InChI is InChI=1S/C18H11BrN2O2/c19-13-5-6-15-12(9-13)10-16(23-15)18(22)21-17-14-4-2-1-3-11(14)7-8-20-17/h1-10H,(H,20,21,22). The lowest BCUT2D eigenvalue weighted by Gasteiger charge is -2.05. The van der Waals surface area contributed by atoms with Crippen LogP contribution in [-0.2, 0) is 0 Å². The van der Waals surface area contributed by atoms with Crippen molar-refractivity contribution in [2.24, 2.45) is 0 Å². The van der Waals surface area contributed by atoms with Gasteiger partial charge in [0.1, 0.15) is 11.4 Å². The van der Waals surface area contributed by atoms with Crippen molar-refractivity contribution in [2.75, 3.05) is 5.32 Å². The average molecular weight is 367 g/mol. The molecule has 1 N–H and O–H groups in total. The number of pyridine rings is 1. The Morgan fingerprint density at radius 2 is 1.91 bits per heavy atom. The Labute approximate surface area is 140 Å². The molecule has 5 heteroatoms. The number of carbonyl (C=O) groups is 1. The van der Waals surface area contributed by atoms with Crippen LogP contribution in [0.3, 0.4) is 0 Å². The number of anilines is 1. The van der Waals surface area contributed by atoms with Crippen molar-refractivity contribution in [3.05, 3.63) is 71.0 Å². The lowest BCUT2D eigenvalue weighted by molar-refractivity contribution is 0.0998. The van der Waals surface area contributed by atoms with Crippen LogP contribution >= 0.6 is 15.9 Å².